The lowest BCUT2D eigenvalue weighted by Gasteiger charge is -2.21. The van der Waals surface area contributed by atoms with Crippen LogP contribution in [0.5, 0.6) is 0 Å². The van der Waals surface area contributed by atoms with Crippen molar-refractivity contribution in [3.63, 3.8) is 0 Å². The molecule has 3 heterocycles. The average molecular weight is 341 g/mol. The van der Waals surface area contributed by atoms with Gasteiger partial charge >= 0.3 is 0 Å². The van der Waals surface area contributed by atoms with Crippen molar-refractivity contribution in [3.8, 4) is 5.69 Å². The Morgan fingerprint density at radius 2 is 2.12 bits per heavy atom. The molecule has 0 aliphatic carbocycles. The second-order valence-electron chi connectivity index (χ2n) is 6.05. The third kappa shape index (κ3) is 2.90. The Bertz CT molecular complexity index is 902. The van der Waals surface area contributed by atoms with Gasteiger partial charge in [-0.15, -0.1) is 5.10 Å². The smallest absolute Gasteiger partial charge is 0.276 e. The number of rotatable bonds is 3. The second kappa shape index (κ2) is 6.12. The summed E-state index contributed by atoms with van der Waals surface area (Å²) in [5, 5.41) is 11.8. The van der Waals surface area contributed by atoms with Crippen molar-refractivity contribution >= 4 is 5.91 Å². The van der Waals surface area contributed by atoms with Crippen LogP contribution in [0.2, 0.25) is 0 Å². The fourth-order valence-electron chi connectivity index (χ4n) is 3.07. The maximum absolute atomic E-state index is 13.0. The average Bonchev–Trinajstić information content (AvgIpc) is 3.35. The molecule has 1 unspecified atom stereocenters. The van der Waals surface area contributed by atoms with E-state index in [-0.39, 0.29) is 23.5 Å². The van der Waals surface area contributed by atoms with Gasteiger partial charge < -0.3 is 9.42 Å². The molecule has 0 spiro atoms. The number of nitrogens with zero attached hydrogens (tertiary/aromatic N) is 5. The normalized spacial score (nSPS) is 17.2. The molecule has 128 valence electrons. The van der Waals surface area contributed by atoms with E-state index >= 15 is 0 Å². The molecular formula is C17H16FN5O2. The Morgan fingerprint density at radius 1 is 1.32 bits per heavy atom. The van der Waals surface area contributed by atoms with Gasteiger partial charge in [0.05, 0.1) is 23.6 Å². The SMILES string of the molecule is Cc1cc(C2CCCN2C(=O)c2cn(-c3ccc(F)cc3)nn2)on1. The summed E-state index contributed by atoms with van der Waals surface area (Å²) < 4.78 is 19.8. The van der Waals surface area contributed by atoms with E-state index in [0.29, 0.717) is 18.0 Å². The van der Waals surface area contributed by atoms with Crippen molar-refractivity contribution in [2.75, 3.05) is 6.54 Å². The first-order valence-electron chi connectivity index (χ1n) is 8.04. The van der Waals surface area contributed by atoms with Gasteiger partial charge in [-0.3, -0.25) is 4.79 Å². The predicted molar refractivity (Wildman–Crippen MR) is 85.6 cm³/mol. The number of hydrogen-bond acceptors (Lipinski definition) is 5. The van der Waals surface area contributed by atoms with Crippen LogP contribution in [-0.2, 0) is 0 Å². The number of benzene rings is 1. The van der Waals surface area contributed by atoms with Crippen molar-refractivity contribution in [1.82, 2.24) is 25.1 Å². The first-order chi connectivity index (χ1) is 12.1. The molecule has 0 bridgehead atoms. The molecule has 1 fully saturated rings. The summed E-state index contributed by atoms with van der Waals surface area (Å²) in [4.78, 5) is 14.6. The molecule has 25 heavy (non-hydrogen) atoms. The van der Waals surface area contributed by atoms with E-state index in [9.17, 15) is 9.18 Å². The van der Waals surface area contributed by atoms with Crippen molar-refractivity contribution < 1.29 is 13.7 Å². The molecule has 1 aliphatic rings. The molecule has 8 heteroatoms. The van der Waals surface area contributed by atoms with Gasteiger partial charge in [0.15, 0.2) is 11.5 Å². The maximum atomic E-state index is 13.0. The third-order valence-corrected chi connectivity index (χ3v) is 4.29. The molecule has 0 N–H and O–H groups in total. The summed E-state index contributed by atoms with van der Waals surface area (Å²) in [6.45, 7) is 2.48. The van der Waals surface area contributed by atoms with Crippen LogP contribution in [0.25, 0.3) is 5.69 Å². The number of hydrogen-bond donors (Lipinski definition) is 0. The van der Waals surface area contributed by atoms with Crippen molar-refractivity contribution in [2.45, 2.75) is 25.8 Å². The minimum absolute atomic E-state index is 0.135. The van der Waals surface area contributed by atoms with E-state index < -0.39 is 0 Å². The minimum atomic E-state index is -0.331. The Labute approximate surface area is 143 Å². The molecular weight excluding hydrogens is 325 g/mol. The first-order valence-corrected chi connectivity index (χ1v) is 8.04. The number of amides is 1. The highest BCUT2D eigenvalue weighted by Gasteiger charge is 2.34. The molecule has 0 saturated carbocycles. The molecule has 1 atom stereocenters. The number of likely N-dealkylation sites (tertiary alicyclic amines) is 1. The van der Waals surface area contributed by atoms with E-state index in [4.69, 9.17) is 4.52 Å². The van der Waals surface area contributed by atoms with Gasteiger partial charge in [-0.05, 0) is 44.0 Å². The van der Waals surface area contributed by atoms with E-state index in [1.807, 2.05) is 13.0 Å². The second-order valence-corrected chi connectivity index (χ2v) is 6.05. The van der Waals surface area contributed by atoms with E-state index in [1.54, 1.807) is 23.2 Å². The lowest BCUT2D eigenvalue weighted by atomic mass is 10.1. The van der Waals surface area contributed by atoms with Gasteiger partial charge in [-0.2, -0.15) is 0 Å². The maximum Gasteiger partial charge on any atom is 0.276 e. The standard InChI is InChI=1S/C17H16FN5O2/c1-11-9-16(25-20-11)15-3-2-8-22(15)17(24)14-10-23(21-19-14)13-6-4-12(18)5-7-13/h4-7,9-10,15H,2-3,8H2,1H3. The summed E-state index contributed by atoms with van der Waals surface area (Å²) in [5.74, 6) is 0.154. The monoisotopic (exact) mass is 341 g/mol. The molecule has 1 amide bonds. The quantitative estimate of drug-likeness (QED) is 0.732. The molecule has 3 aromatic rings. The van der Waals surface area contributed by atoms with Gasteiger partial charge in [0.1, 0.15) is 5.82 Å². The fourth-order valence-corrected chi connectivity index (χ4v) is 3.07. The number of aromatic nitrogens is 4. The van der Waals surface area contributed by atoms with Crippen LogP contribution in [0.4, 0.5) is 4.39 Å². The zero-order valence-electron chi connectivity index (χ0n) is 13.6. The van der Waals surface area contributed by atoms with Crippen LogP contribution >= 0.6 is 0 Å². The van der Waals surface area contributed by atoms with Crippen molar-refractivity contribution in [1.29, 1.82) is 0 Å². The fraction of sp³-hybridized carbons (Fsp3) is 0.294. The summed E-state index contributed by atoms with van der Waals surface area (Å²) in [5.41, 5.74) is 1.67. The van der Waals surface area contributed by atoms with Gasteiger partial charge in [0.2, 0.25) is 0 Å². The van der Waals surface area contributed by atoms with Crippen LogP contribution in [0.3, 0.4) is 0 Å². The van der Waals surface area contributed by atoms with E-state index in [2.05, 4.69) is 15.5 Å². The summed E-state index contributed by atoms with van der Waals surface area (Å²) in [6, 6.07) is 7.54. The van der Waals surface area contributed by atoms with Crippen LogP contribution in [0.15, 0.2) is 41.1 Å². The van der Waals surface area contributed by atoms with Crippen molar-refractivity contribution in [3.05, 3.63) is 59.5 Å². The summed E-state index contributed by atoms with van der Waals surface area (Å²) >= 11 is 0. The number of carbonyl (C=O) groups excluding carboxylic acids is 1. The molecule has 1 aromatic carbocycles. The third-order valence-electron chi connectivity index (χ3n) is 4.29. The topological polar surface area (TPSA) is 77.0 Å². The Morgan fingerprint density at radius 3 is 2.84 bits per heavy atom. The Hall–Kier alpha value is -3.03. The highest BCUT2D eigenvalue weighted by molar-refractivity contribution is 5.92. The molecule has 4 rings (SSSR count). The number of aryl methyl sites for hydroxylation is 1. The Kier molecular flexibility index (Phi) is 3.79. The number of halogens is 1. The summed E-state index contributed by atoms with van der Waals surface area (Å²) in [7, 11) is 0. The molecule has 1 aliphatic heterocycles. The zero-order valence-corrected chi connectivity index (χ0v) is 13.6. The lowest BCUT2D eigenvalue weighted by Crippen LogP contribution is -2.30. The van der Waals surface area contributed by atoms with Crippen LogP contribution in [0.1, 0.15) is 40.8 Å². The van der Waals surface area contributed by atoms with E-state index in [1.165, 1.54) is 16.8 Å². The highest BCUT2D eigenvalue weighted by atomic mass is 19.1. The first kappa shape index (κ1) is 15.5. The van der Waals surface area contributed by atoms with Gasteiger partial charge in [-0.1, -0.05) is 10.4 Å². The summed E-state index contributed by atoms with van der Waals surface area (Å²) in [6.07, 6.45) is 3.27. The van der Waals surface area contributed by atoms with Gasteiger partial charge in [0.25, 0.3) is 5.91 Å². The molecule has 2 aromatic heterocycles. The highest BCUT2D eigenvalue weighted by Crippen LogP contribution is 2.33. The molecule has 7 nitrogen and oxygen atoms in total. The van der Waals surface area contributed by atoms with Crippen LogP contribution < -0.4 is 0 Å². The van der Waals surface area contributed by atoms with E-state index in [0.717, 1.165) is 18.5 Å². The van der Waals surface area contributed by atoms with Crippen LogP contribution in [-0.4, -0.2) is 37.5 Å². The van der Waals surface area contributed by atoms with Crippen molar-refractivity contribution in [2.24, 2.45) is 0 Å². The van der Waals surface area contributed by atoms with Crippen LogP contribution in [0, 0.1) is 12.7 Å². The molecule has 0 radical (unpaired) electrons. The number of carbonyl (C=O) groups is 1. The minimum Gasteiger partial charge on any atom is -0.359 e. The zero-order chi connectivity index (χ0) is 17.4. The Balaban J connectivity index is 1.57. The largest absolute Gasteiger partial charge is 0.359 e. The predicted octanol–water partition coefficient (Wildman–Crippen LogP) is 2.68. The lowest BCUT2D eigenvalue weighted by molar-refractivity contribution is 0.0708. The van der Waals surface area contributed by atoms with Gasteiger partial charge in [-0.25, -0.2) is 9.07 Å². The molecule has 1 saturated heterocycles. The van der Waals surface area contributed by atoms with Gasteiger partial charge in [0, 0.05) is 12.6 Å².